The highest BCUT2D eigenvalue weighted by Crippen LogP contribution is 2.29. The van der Waals surface area contributed by atoms with Crippen LogP contribution in [0.15, 0.2) is 53.8 Å². The smallest absolute Gasteiger partial charge is 0.0629 e. The van der Waals surface area contributed by atoms with E-state index in [-0.39, 0.29) is 0 Å². The van der Waals surface area contributed by atoms with Crippen LogP contribution in [0.4, 0.5) is 5.69 Å². The summed E-state index contributed by atoms with van der Waals surface area (Å²) >= 11 is 0. The van der Waals surface area contributed by atoms with Crippen LogP contribution in [-0.4, -0.2) is 10.8 Å². The second-order valence-corrected chi connectivity index (χ2v) is 4.92. The minimum Gasteiger partial charge on any atom is -0.351 e. The van der Waals surface area contributed by atoms with Crippen LogP contribution < -0.4 is 0 Å². The summed E-state index contributed by atoms with van der Waals surface area (Å²) in [5, 5.41) is 0. The normalized spacial score (nSPS) is 16.7. The maximum Gasteiger partial charge on any atom is 0.0629 e. The van der Waals surface area contributed by atoms with Crippen molar-refractivity contribution in [2.24, 2.45) is 4.99 Å². The van der Waals surface area contributed by atoms with Crippen LogP contribution in [0.3, 0.4) is 0 Å². The summed E-state index contributed by atoms with van der Waals surface area (Å²) < 4.78 is 2.35. The molecule has 0 aliphatic heterocycles. The Labute approximate surface area is 108 Å². The van der Waals surface area contributed by atoms with Crippen molar-refractivity contribution in [2.45, 2.75) is 31.7 Å². The topological polar surface area (TPSA) is 17.3 Å². The van der Waals surface area contributed by atoms with Crippen molar-refractivity contribution in [3.8, 4) is 0 Å². The van der Waals surface area contributed by atoms with E-state index in [0.29, 0.717) is 6.04 Å². The number of aliphatic imine (C=N–C) groups is 1. The number of nitrogens with zero attached hydrogens (tertiary/aromatic N) is 2. The van der Waals surface area contributed by atoms with Gasteiger partial charge >= 0.3 is 0 Å². The second-order valence-electron chi connectivity index (χ2n) is 4.92. The lowest BCUT2D eigenvalue weighted by molar-refractivity contribution is 0.521. The van der Waals surface area contributed by atoms with Crippen molar-refractivity contribution in [1.29, 1.82) is 0 Å². The molecule has 0 spiro atoms. The summed E-state index contributed by atoms with van der Waals surface area (Å²) in [6.45, 7) is 0. The molecule has 18 heavy (non-hydrogen) atoms. The molecule has 0 saturated heterocycles. The van der Waals surface area contributed by atoms with E-state index >= 15 is 0 Å². The third kappa shape index (κ3) is 2.53. The van der Waals surface area contributed by atoms with Gasteiger partial charge in [0.05, 0.1) is 5.69 Å². The fourth-order valence-electron chi connectivity index (χ4n) is 2.60. The Bertz CT molecular complexity index is 519. The van der Waals surface area contributed by atoms with Crippen LogP contribution in [0.5, 0.6) is 0 Å². The maximum absolute atomic E-state index is 4.48. The quantitative estimate of drug-likeness (QED) is 0.707. The number of rotatable bonds is 3. The molecule has 2 nitrogen and oxygen atoms in total. The number of hydrogen-bond acceptors (Lipinski definition) is 1. The van der Waals surface area contributed by atoms with E-state index in [9.17, 15) is 0 Å². The van der Waals surface area contributed by atoms with Gasteiger partial charge in [0.1, 0.15) is 0 Å². The van der Waals surface area contributed by atoms with Crippen molar-refractivity contribution in [3.05, 3.63) is 54.4 Å². The predicted octanol–water partition coefficient (Wildman–Crippen LogP) is 4.35. The molecule has 0 unspecified atom stereocenters. The molecule has 2 heteroatoms. The van der Waals surface area contributed by atoms with Crippen molar-refractivity contribution in [1.82, 2.24) is 4.57 Å². The van der Waals surface area contributed by atoms with E-state index in [1.165, 1.54) is 31.2 Å². The highest BCUT2D eigenvalue weighted by molar-refractivity contribution is 5.81. The summed E-state index contributed by atoms with van der Waals surface area (Å²) in [6.07, 6.45) is 11.7. The van der Waals surface area contributed by atoms with Crippen LogP contribution in [-0.2, 0) is 0 Å². The molecular formula is C16H18N2. The summed E-state index contributed by atoms with van der Waals surface area (Å²) in [4.78, 5) is 4.48. The minimum atomic E-state index is 0.712. The van der Waals surface area contributed by atoms with Gasteiger partial charge < -0.3 is 4.57 Å². The minimum absolute atomic E-state index is 0.712. The lowest BCUT2D eigenvalue weighted by atomic mass is 10.2. The van der Waals surface area contributed by atoms with Gasteiger partial charge in [-0.3, -0.25) is 4.99 Å². The molecule has 0 atom stereocenters. The standard InChI is InChI=1S/C16H18N2/c1-2-6-15(7-3-1)17-12-14-10-11-18(13-14)16-8-4-5-9-16/h1-3,6-7,10-13,16H,4-5,8-9H2. The molecular weight excluding hydrogens is 220 g/mol. The average Bonchev–Trinajstić information content (AvgIpc) is 3.08. The van der Waals surface area contributed by atoms with Crippen LogP contribution in [0.25, 0.3) is 0 Å². The Morgan fingerprint density at radius 2 is 1.83 bits per heavy atom. The largest absolute Gasteiger partial charge is 0.351 e. The SMILES string of the molecule is C(=Nc1ccccc1)c1ccn(C2CCCC2)c1. The van der Waals surface area contributed by atoms with Crippen LogP contribution in [0, 0.1) is 0 Å². The van der Waals surface area contributed by atoms with E-state index in [1.807, 2.05) is 36.5 Å². The molecule has 1 aromatic carbocycles. The summed E-state index contributed by atoms with van der Waals surface area (Å²) in [7, 11) is 0. The van der Waals surface area contributed by atoms with Gasteiger partial charge in [0.15, 0.2) is 0 Å². The maximum atomic E-state index is 4.48. The van der Waals surface area contributed by atoms with E-state index in [1.54, 1.807) is 0 Å². The Morgan fingerprint density at radius 3 is 2.61 bits per heavy atom. The number of aromatic nitrogens is 1. The molecule has 1 aliphatic carbocycles. The lowest BCUT2D eigenvalue weighted by Crippen LogP contribution is -2.00. The van der Waals surface area contributed by atoms with Crippen molar-refractivity contribution in [3.63, 3.8) is 0 Å². The molecule has 1 aliphatic rings. The first kappa shape index (κ1) is 11.3. The number of para-hydroxylation sites is 1. The molecule has 0 N–H and O–H groups in total. The fourth-order valence-corrected chi connectivity index (χ4v) is 2.60. The van der Waals surface area contributed by atoms with Gasteiger partial charge in [0, 0.05) is 30.2 Å². The highest BCUT2D eigenvalue weighted by Gasteiger charge is 2.15. The monoisotopic (exact) mass is 238 g/mol. The highest BCUT2D eigenvalue weighted by atomic mass is 15.0. The first-order valence-corrected chi connectivity index (χ1v) is 6.68. The van der Waals surface area contributed by atoms with Gasteiger partial charge in [-0.05, 0) is 31.0 Å². The molecule has 1 aromatic heterocycles. The zero-order valence-corrected chi connectivity index (χ0v) is 10.5. The summed E-state index contributed by atoms with van der Waals surface area (Å²) in [5.41, 5.74) is 2.19. The van der Waals surface area contributed by atoms with Gasteiger partial charge in [-0.1, -0.05) is 31.0 Å². The van der Waals surface area contributed by atoms with Crippen LogP contribution in [0.2, 0.25) is 0 Å². The zero-order valence-electron chi connectivity index (χ0n) is 10.5. The third-order valence-corrected chi connectivity index (χ3v) is 3.60. The lowest BCUT2D eigenvalue weighted by Gasteiger charge is -2.10. The third-order valence-electron chi connectivity index (χ3n) is 3.60. The Hall–Kier alpha value is -1.83. The van der Waals surface area contributed by atoms with Gasteiger partial charge in [-0.25, -0.2) is 0 Å². The Balaban J connectivity index is 1.72. The molecule has 0 bridgehead atoms. The number of hydrogen-bond donors (Lipinski definition) is 0. The van der Waals surface area contributed by atoms with E-state index in [2.05, 4.69) is 28.0 Å². The second kappa shape index (κ2) is 5.21. The molecule has 92 valence electrons. The molecule has 3 rings (SSSR count). The van der Waals surface area contributed by atoms with Crippen molar-refractivity contribution < 1.29 is 0 Å². The Kier molecular flexibility index (Phi) is 3.26. The number of benzene rings is 1. The molecule has 0 amide bonds. The molecule has 1 saturated carbocycles. The van der Waals surface area contributed by atoms with E-state index in [0.717, 1.165) is 5.69 Å². The summed E-state index contributed by atoms with van der Waals surface area (Å²) in [6, 6.07) is 12.9. The Morgan fingerprint density at radius 1 is 1.06 bits per heavy atom. The fraction of sp³-hybridized carbons (Fsp3) is 0.312. The molecule has 2 aromatic rings. The van der Waals surface area contributed by atoms with E-state index in [4.69, 9.17) is 0 Å². The van der Waals surface area contributed by atoms with Gasteiger partial charge in [0.2, 0.25) is 0 Å². The van der Waals surface area contributed by atoms with Gasteiger partial charge in [-0.2, -0.15) is 0 Å². The van der Waals surface area contributed by atoms with Gasteiger partial charge in [-0.15, -0.1) is 0 Å². The molecule has 0 radical (unpaired) electrons. The zero-order chi connectivity index (χ0) is 12.2. The molecule has 1 fully saturated rings. The van der Waals surface area contributed by atoms with E-state index < -0.39 is 0 Å². The van der Waals surface area contributed by atoms with Crippen molar-refractivity contribution in [2.75, 3.05) is 0 Å². The molecule has 1 heterocycles. The van der Waals surface area contributed by atoms with Crippen LogP contribution in [0.1, 0.15) is 37.3 Å². The first-order valence-electron chi connectivity index (χ1n) is 6.68. The van der Waals surface area contributed by atoms with Gasteiger partial charge in [0.25, 0.3) is 0 Å². The first-order chi connectivity index (χ1) is 8.92. The predicted molar refractivity (Wildman–Crippen MR) is 75.6 cm³/mol. The van der Waals surface area contributed by atoms with Crippen LogP contribution >= 0.6 is 0 Å². The summed E-state index contributed by atoms with van der Waals surface area (Å²) in [5.74, 6) is 0. The van der Waals surface area contributed by atoms with Crippen molar-refractivity contribution >= 4 is 11.9 Å². The average molecular weight is 238 g/mol.